The number of aliphatic hydroxyl groups excluding tert-OH is 1. The van der Waals surface area contributed by atoms with E-state index >= 15 is 0 Å². The molecular formula is C21H25IN4O2S. The number of thiophene rings is 1. The number of guanidine groups is 1. The number of aliphatic imine (C=N–C) groups is 1. The molecule has 0 saturated carbocycles. The summed E-state index contributed by atoms with van der Waals surface area (Å²) in [6.07, 6.45) is -0.653. The summed E-state index contributed by atoms with van der Waals surface area (Å²) in [5.74, 6) is 0.291. The average molecular weight is 524 g/mol. The van der Waals surface area contributed by atoms with Crippen LogP contribution in [-0.2, 0) is 4.79 Å². The second-order valence-corrected chi connectivity index (χ2v) is 7.31. The zero-order valence-corrected chi connectivity index (χ0v) is 19.2. The molecule has 0 aliphatic heterocycles. The van der Waals surface area contributed by atoms with Crippen LogP contribution in [0.3, 0.4) is 0 Å². The predicted molar refractivity (Wildman–Crippen MR) is 131 cm³/mol. The second kappa shape index (κ2) is 11.7. The van der Waals surface area contributed by atoms with Crippen LogP contribution in [-0.4, -0.2) is 36.6 Å². The minimum atomic E-state index is -0.653. The fourth-order valence-electron chi connectivity index (χ4n) is 2.68. The first-order valence-corrected chi connectivity index (χ1v) is 10.0. The van der Waals surface area contributed by atoms with Gasteiger partial charge in [-0.15, -0.1) is 35.3 Å². The fraction of sp³-hybridized carbons (Fsp3) is 0.238. The van der Waals surface area contributed by atoms with Gasteiger partial charge in [-0.1, -0.05) is 36.4 Å². The molecule has 2 aromatic carbocycles. The van der Waals surface area contributed by atoms with Crippen molar-refractivity contribution in [3.8, 4) is 0 Å². The van der Waals surface area contributed by atoms with Gasteiger partial charge in [0.2, 0.25) is 5.91 Å². The number of hydrogen-bond donors (Lipinski definition) is 4. The van der Waals surface area contributed by atoms with Crippen molar-refractivity contribution in [2.24, 2.45) is 4.99 Å². The van der Waals surface area contributed by atoms with Gasteiger partial charge in [0.05, 0.1) is 0 Å². The monoisotopic (exact) mass is 524 g/mol. The lowest BCUT2D eigenvalue weighted by Crippen LogP contribution is -2.40. The number of fused-ring (bicyclic) bond motifs is 1. The van der Waals surface area contributed by atoms with E-state index in [-0.39, 0.29) is 36.4 Å². The molecule has 6 nitrogen and oxygen atoms in total. The summed E-state index contributed by atoms with van der Waals surface area (Å²) in [6.45, 7) is 2.90. The van der Waals surface area contributed by atoms with Crippen molar-refractivity contribution < 1.29 is 9.90 Å². The molecule has 0 radical (unpaired) electrons. The summed E-state index contributed by atoms with van der Waals surface area (Å²) in [4.78, 5) is 17.2. The molecule has 8 heteroatoms. The zero-order valence-electron chi connectivity index (χ0n) is 16.1. The summed E-state index contributed by atoms with van der Waals surface area (Å²) in [5.41, 5.74) is 0.737. The van der Waals surface area contributed by atoms with Gasteiger partial charge in [-0.3, -0.25) is 4.79 Å². The molecule has 0 fully saturated rings. The van der Waals surface area contributed by atoms with Crippen molar-refractivity contribution >= 4 is 63.0 Å². The van der Waals surface area contributed by atoms with Gasteiger partial charge in [-0.05, 0) is 36.6 Å². The maximum absolute atomic E-state index is 12.1. The summed E-state index contributed by atoms with van der Waals surface area (Å²) < 4.78 is 1.15. The van der Waals surface area contributed by atoms with Crippen LogP contribution in [0.15, 0.2) is 65.7 Å². The van der Waals surface area contributed by atoms with Gasteiger partial charge >= 0.3 is 0 Å². The third-order valence-corrected chi connectivity index (χ3v) is 5.24. The Hall–Kier alpha value is -2.17. The molecule has 1 heterocycles. The number of nitrogens with one attached hydrogen (secondary N) is 3. The Morgan fingerprint density at radius 2 is 1.83 bits per heavy atom. The third kappa shape index (κ3) is 6.98. The van der Waals surface area contributed by atoms with Crippen LogP contribution in [0, 0.1) is 0 Å². The summed E-state index contributed by atoms with van der Waals surface area (Å²) >= 11 is 1.58. The summed E-state index contributed by atoms with van der Waals surface area (Å²) in [7, 11) is 0. The molecule has 1 atom stereocenters. The van der Waals surface area contributed by atoms with E-state index in [9.17, 15) is 9.90 Å². The van der Waals surface area contributed by atoms with Gasteiger partial charge in [0, 0.05) is 28.4 Å². The Morgan fingerprint density at radius 3 is 2.55 bits per heavy atom. The Kier molecular flexibility index (Phi) is 9.36. The summed E-state index contributed by atoms with van der Waals surface area (Å²) in [6, 6.07) is 19.3. The normalized spacial score (nSPS) is 12.1. The molecule has 0 saturated heterocycles. The summed E-state index contributed by atoms with van der Waals surface area (Å²) in [5, 5.41) is 20.6. The van der Waals surface area contributed by atoms with Crippen LogP contribution >= 0.6 is 35.3 Å². The SMILES string of the molecule is CCNC(=NCC(=O)Nc1ccccc1)NCC(O)c1cc2ccccc2s1.I. The van der Waals surface area contributed by atoms with E-state index in [1.807, 2.05) is 67.6 Å². The van der Waals surface area contributed by atoms with Crippen LogP contribution in [0.4, 0.5) is 5.69 Å². The quantitative estimate of drug-likeness (QED) is 0.216. The number of nitrogens with zero attached hydrogens (tertiary/aromatic N) is 1. The predicted octanol–water partition coefficient (Wildman–Crippen LogP) is 3.75. The number of carbonyl (C=O) groups is 1. The lowest BCUT2D eigenvalue weighted by Gasteiger charge is -2.14. The van der Waals surface area contributed by atoms with Gasteiger partial charge in [-0.25, -0.2) is 4.99 Å². The Morgan fingerprint density at radius 1 is 1.10 bits per heavy atom. The second-order valence-electron chi connectivity index (χ2n) is 6.19. The molecular weight excluding hydrogens is 499 g/mol. The van der Waals surface area contributed by atoms with Crippen LogP contribution in [0.5, 0.6) is 0 Å². The average Bonchev–Trinajstić information content (AvgIpc) is 3.15. The number of para-hydroxylation sites is 1. The van der Waals surface area contributed by atoms with E-state index in [1.165, 1.54) is 0 Å². The maximum Gasteiger partial charge on any atom is 0.246 e. The first kappa shape index (κ1) is 23.1. The molecule has 154 valence electrons. The molecule has 0 aliphatic carbocycles. The third-order valence-electron chi connectivity index (χ3n) is 4.02. The molecule has 1 unspecified atom stereocenters. The first-order valence-electron chi connectivity index (χ1n) is 9.19. The number of rotatable bonds is 7. The maximum atomic E-state index is 12.1. The van der Waals surface area contributed by atoms with Gasteiger partial charge in [0.1, 0.15) is 12.6 Å². The van der Waals surface area contributed by atoms with Crippen LogP contribution < -0.4 is 16.0 Å². The molecule has 1 amide bonds. The lowest BCUT2D eigenvalue weighted by atomic mass is 10.2. The van der Waals surface area contributed by atoms with E-state index in [4.69, 9.17) is 0 Å². The van der Waals surface area contributed by atoms with Crippen LogP contribution in [0.25, 0.3) is 10.1 Å². The largest absolute Gasteiger partial charge is 0.386 e. The van der Waals surface area contributed by atoms with E-state index in [1.54, 1.807) is 11.3 Å². The Bertz CT molecular complexity index is 913. The van der Waals surface area contributed by atoms with Crippen molar-refractivity contribution in [1.82, 2.24) is 10.6 Å². The van der Waals surface area contributed by atoms with Crippen molar-refractivity contribution in [3.63, 3.8) is 0 Å². The fourth-order valence-corrected chi connectivity index (χ4v) is 3.73. The van der Waals surface area contributed by atoms with Gasteiger partial charge in [0.25, 0.3) is 0 Å². The number of benzene rings is 2. The lowest BCUT2D eigenvalue weighted by molar-refractivity contribution is -0.114. The molecule has 0 spiro atoms. The van der Waals surface area contributed by atoms with Crippen molar-refractivity contribution in [2.75, 3.05) is 25.0 Å². The molecule has 3 aromatic rings. The molecule has 1 aromatic heterocycles. The smallest absolute Gasteiger partial charge is 0.246 e. The van der Waals surface area contributed by atoms with E-state index in [0.29, 0.717) is 19.0 Å². The standard InChI is InChI=1S/C21H24N4O2S.HI/c1-2-22-21(24-14-20(27)25-16-9-4-3-5-10-16)23-13-17(26)19-12-15-8-6-7-11-18(15)28-19;/h3-12,17,26H,2,13-14H2,1H3,(H,25,27)(H2,22,23,24);1H. The zero-order chi connectivity index (χ0) is 19.8. The minimum Gasteiger partial charge on any atom is -0.386 e. The first-order chi connectivity index (χ1) is 13.7. The highest BCUT2D eigenvalue weighted by molar-refractivity contribution is 14.0. The van der Waals surface area contributed by atoms with Crippen molar-refractivity contribution in [3.05, 3.63) is 65.5 Å². The minimum absolute atomic E-state index is 0. The highest BCUT2D eigenvalue weighted by Crippen LogP contribution is 2.29. The van der Waals surface area contributed by atoms with Crippen molar-refractivity contribution in [1.29, 1.82) is 0 Å². The number of halogens is 1. The number of carbonyl (C=O) groups excluding carboxylic acids is 1. The van der Waals surface area contributed by atoms with Gasteiger partial charge < -0.3 is 21.1 Å². The molecule has 0 aliphatic rings. The molecule has 29 heavy (non-hydrogen) atoms. The highest BCUT2D eigenvalue weighted by Gasteiger charge is 2.12. The van der Waals surface area contributed by atoms with E-state index in [0.717, 1.165) is 20.7 Å². The number of hydrogen-bond acceptors (Lipinski definition) is 4. The van der Waals surface area contributed by atoms with Gasteiger partial charge in [0.15, 0.2) is 5.96 Å². The number of aliphatic hydroxyl groups is 1. The van der Waals surface area contributed by atoms with Crippen LogP contribution in [0.1, 0.15) is 17.9 Å². The van der Waals surface area contributed by atoms with Gasteiger partial charge in [-0.2, -0.15) is 0 Å². The number of anilines is 1. The molecule has 3 rings (SSSR count). The van der Waals surface area contributed by atoms with Crippen molar-refractivity contribution in [2.45, 2.75) is 13.0 Å². The highest BCUT2D eigenvalue weighted by atomic mass is 127. The van der Waals surface area contributed by atoms with E-state index in [2.05, 4.69) is 20.9 Å². The Labute approximate surface area is 191 Å². The molecule has 4 N–H and O–H groups in total. The number of amides is 1. The Balaban J connectivity index is 0.00000300. The van der Waals surface area contributed by atoms with Crippen LogP contribution in [0.2, 0.25) is 0 Å². The topological polar surface area (TPSA) is 85.8 Å². The van der Waals surface area contributed by atoms with E-state index < -0.39 is 6.10 Å². The molecule has 0 bridgehead atoms.